The first kappa shape index (κ1) is 16.5. The summed E-state index contributed by atoms with van der Waals surface area (Å²) in [5, 5.41) is 3.54. The zero-order chi connectivity index (χ0) is 14.4. The Kier molecular flexibility index (Phi) is 6.84. The van der Waals surface area contributed by atoms with Gasteiger partial charge in [-0.3, -0.25) is 10.1 Å². The first-order valence-corrected chi connectivity index (χ1v) is 8.03. The Hall–Kier alpha value is -0.570. The fourth-order valence-electron chi connectivity index (χ4n) is 2.79. The van der Waals surface area contributed by atoms with E-state index in [4.69, 9.17) is 0 Å². The van der Waals surface area contributed by atoms with Crippen LogP contribution in [0.1, 0.15) is 66.7 Å². The van der Waals surface area contributed by atoms with Crippen molar-refractivity contribution in [2.75, 3.05) is 6.54 Å². The zero-order valence-corrected chi connectivity index (χ0v) is 13.4. The normalized spacial score (nSPS) is 23.9. The molecule has 1 aliphatic rings. The van der Waals surface area contributed by atoms with Crippen molar-refractivity contribution in [2.24, 2.45) is 11.8 Å². The first-order chi connectivity index (χ1) is 8.97. The van der Waals surface area contributed by atoms with Crippen molar-refractivity contribution in [3.8, 4) is 0 Å². The lowest BCUT2D eigenvalue weighted by atomic mass is 10.1. The highest BCUT2D eigenvalue weighted by molar-refractivity contribution is 5.84. The largest absolute Gasteiger partial charge is 0.326 e. The van der Waals surface area contributed by atoms with E-state index in [-0.39, 0.29) is 12.2 Å². The number of rotatable bonds is 8. The van der Waals surface area contributed by atoms with Gasteiger partial charge in [0, 0.05) is 6.54 Å². The minimum Gasteiger partial charge on any atom is -0.326 e. The van der Waals surface area contributed by atoms with Crippen LogP contribution in [0.25, 0.3) is 0 Å². The number of hydrogen-bond acceptors (Lipinski definition) is 2. The molecule has 3 heteroatoms. The molecule has 1 heterocycles. The molecule has 1 N–H and O–H groups in total. The molecule has 1 rings (SSSR count). The summed E-state index contributed by atoms with van der Waals surface area (Å²) in [6.45, 7) is 12.0. The first-order valence-electron chi connectivity index (χ1n) is 8.03. The van der Waals surface area contributed by atoms with E-state index >= 15 is 0 Å². The maximum atomic E-state index is 12.5. The molecule has 1 fully saturated rings. The third kappa shape index (κ3) is 4.79. The Bertz CT molecular complexity index is 276. The van der Waals surface area contributed by atoms with Crippen LogP contribution in [0.15, 0.2) is 0 Å². The van der Waals surface area contributed by atoms with E-state index in [9.17, 15) is 4.79 Å². The van der Waals surface area contributed by atoms with E-state index in [0.29, 0.717) is 11.8 Å². The van der Waals surface area contributed by atoms with Gasteiger partial charge in [0.1, 0.15) is 0 Å². The quantitative estimate of drug-likeness (QED) is 0.732. The average Bonchev–Trinajstić information content (AvgIpc) is 2.64. The van der Waals surface area contributed by atoms with Crippen LogP contribution in [0.3, 0.4) is 0 Å². The van der Waals surface area contributed by atoms with Crippen molar-refractivity contribution in [3.63, 3.8) is 0 Å². The van der Waals surface area contributed by atoms with Gasteiger partial charge in [-0.2, -0.15) is 0 Å². The second-order valence-electron chi connectivity index (χ2n) is 6.62. The Balaban J connectivity index is 2.56. The predicted octanol–water partition coefficient (Wildman–Crippen LogP) is 3.40. The smallest absolute Gasteiger partial charge is 0.241 e. The number of carbonyl (C=O) groups is 1. The van der Waals surface area contributed by atoms with Crippen LogP contribution >= 0.6 is 0 Å². The number of amides is 1. The van der Waals surface area contributed by atoms with Gasteiger partial charge in [0.25, 0.3) is 0 Å². The highest BCUT2D eigenvalue weighted by Crippen LogP contribution is 2.21. The Morgan fingerprint density at radius 3 is 2.42 bits per heavy atom. The summed E-state index contributed by atoms with van der Waals surface area (Å²) in [6.07, 6.45) is 5.84. The molecular formula is C16H32N2O. The van der Waals surface area contributed by atoms with Crippen LogP contribution in [0.2, 0.25) is 0 Å². The van der Waals surface area contributed by atoms with Crippen molar-refractivity contribution in [2.45, 2.75) is 78.9 Å². The number of nitrogens with one attached hydrogen (secondary N) is 1. The SMILES string of the molecule is CCCCC1NC(C(C)C)N(CCCC(C)C)C1=O. The second-order valence-corrected chi connectivity index (χ2v) is 6.62. The number of carbonyl (C=O) groups excluding carboxylic acids is 1. The third-order valence-electron chi connectivity index (χ3n) is 3.95. The highest BCUT2D eigenvalue weighted by atomic mass is 16.2. The van der Waals surface area contributed by atoms with E-state index in [0.717, 1.165) is 38.1 Å². The number of nitrogens with zero attached hydrogens (tertiary/aromatic N) is 1. The molecule has 0 spiro atoms. The summed E-state index contributed by atoms with van der Waals surface area (Å²) in [7, 11) is 0. The maximum absolute atomic E-state index is 12.5. The van der Waals surface area contributed by atoms with E-state index in [1.807, 2.05) is 0 Å². The molecule has 1 saturated heterocycles. The van der Waals surface area contributed by atoms with Crippen molar-refractivity contribution in [1.82, 2.24) is 10.2 Å². The van der Waals surface area contributed by atoms with Gasteiger partial charge in [-0.25, -0.2) is 0 Å². The lowest BCUT2D eigenvalue weighted by molar-refractivity contribution is -0.130. The lowest BCUT2D eigenvalue weighted by Gasteiger charge is -2.27. The molecule has 3 nitrogen and oxygen atoms in total. The zero-order valence-electron chi connectivity index (χ0n) is 13.4. The van der Waals surface area contributed by atoms with Crippen LogP contribution < -0.4 is 5.32 Å². The standard InChI is InChI=1S/C16H32N2O/c1-6-7-10-14-16(19)18(11-8-9-12(2)3)15(17-14)13(4)5/h12-15,17H,6-11H2,1-5H3. The highest BCUT2D eigenvalue weighted by Gasteiger charge is 2.39. The van der Waals surface area contributed by atoms with Crippen molar-refractivity contribution in [3.05, 3.63) is 0 Å². The topological polar surface area (TPSA) is 32.3 Å². The molecule has 0 radical (unpaired) electrons. The molecule has 0 aromatic heterocycles. The van der Waals surface area contributed by atoms with Gasteiger partial charge in [-0.15, -0.1) is 0 Å². The molecule has 1 aliphatic heterocycles. The van der Waals surface area contributed by atoms with Crippen LogP contribution in [-0.2, 0) is 4.79 Å². The third-order valence-corrected chi connectivity index (χ3v) is 3.95. The van der Waals surface area contributed by atoms with Crippen LogP contribution in [0.4, 0.5) is 0 Å². The summed E-state index contributed by atoms with van der Waals surface area (Å²) in [6, 6.07) is 0.0615. The molecule has 2 atom stereocenters. The van der Waals surface area contributed by atoms with Gasteiger partial charge in [0.15, 0.2) is 0 Å². The number of unbranched alkanes of at least 4 members (excludes halogenated alkanes) is 1. The summed E-state index contributed by atoms with van der Waals surface area (Å²) in [4.78, 5) is 14.6. The molecule has 0 aliphatic carbocycles. The minimum atomic E-state index is 0.0615. The summed E-state index contributed by atoms with van der Waals surface area (Å²) >= 11 is 0. The average molecular weight is 268 g/mol. The van der Waals surface area contributed by atoms with E-state index in [1.165, 1.54) is 6.42 Å². The van der Waals surface area contributed by atoms with E-state index in [2.05, 4.69) is 44.8 Å². The van der Waals surface area contributed by atoms with E-state index in [1.54, 1.807) is 0 Å². The monoisotopic (exact) mass is 268 g/mol. The van der Waals surface area contributed by atoms with E-state index < -0.39 is 0 Å². The van der Waals surface area contributed by atoms with Gasteiger partial charge in [0.05, 0.1) is 12.2 Å². The molecule has 112 valence electrons. The van der Waals surface area contributed by atoms with Gasteiger partial charge in [-0.05, 0) is 31.1 Å². The van der Waals surface area contributed by atoms with Crippen LogP contribution in [-0.4, -0.2) is 29.6 Å². The van der Waals surface area contributed by atoms with Gasteiger partial charge >= 0.3 is 0 Å². The Morgan fingerprint density at radius 1 is 1.21 bits per heavy atom. The predicted molar refractivity (Wildman–Crippen MR) is 80.9 cm³/mol. The van der Waals surface area contributed by atoms with Gasteiger partial charge < -0.3 is 4.90 Å². The summed E-state index contributed by atoms with van der Waals surface area (Å²) in [5.41, 5.74) is 0. The molecule has 2 unspecified atom stereocenters. The molecular weight excluding hydrogens is 236 g/mol. The number of hydrogen-bond donors (Lipinski definition) is 1. The van der Waals surface area contributed by atoms with Crippen molar-refractivity contribution < 1.29 is 4.79 Å². The molecule has 0 bridgehead atoms. The van der Waals surface area contributed by atoms with Crippen molar-refractivity contribution in [1.29, 1.82) is 0 Å². The molecule has 19 heavy (non-hydrogen) atoms. The minimum absolute atomic E-state index is 0.0615. The fraction of sp³-hybridized carbons (Fsp3) is 0.938. The Labute approximate surface area is 119 Å². The maximum Gasteiger partial charge on any atom is 0.241 e. The van der Waals surface area contributed by atoms with Crippen LogP contribution in [0.5, 0.6) is 0 Å². The molecule has 1 amide bonds. The van der Waals surface area contributed by atoms with Crippen molar-refractivity contribution >= 4 is 5.91 Å². The molecule has 0 aromatic rings. The fourth-order valence-corrected chi connectivity index (χ4v) is 2.79. The lowest BCUT2D eigenvalue weighted by Crippen LogP contribution is -2.42. The molecule has 0 aromatic carbocycles. The second kappa shape index (κ2) is 7.88. The summed E-state index contributed by atoms with van der Waals surface area (Å²) < 4.78 is 0. The van der Waals surface area contributed by atoms with Crippen LogP contribution in [0, 0.1) is 11.8 Å². The Morgan fingerprint density at radius 2 is 1.89 bits per heavy atom. The van der Waals surface area contributed by atoms with Gasteiger partial charge in [-0.1, -0.05) is 47.5 Å². The molecule has 0 saturated carbocycles. The van der Waals surface area contributed by atoms with Gasteiger partial charge in [0.2, 0.25) is 5.91 Å². The summed E-state index contributed by atoms with van der Waals surface area (Å²) in [5.74, 6) is 1.53.